The van der Waals surface area contributed by atoms with E-state index in [0.29, 0.717) is 35.7 Å². The lowest BCUT2D eigenvalue weighted by Crippen LogP contribution is -2.44. The molecular weight excluding hydrogens is 456 g/mol. The number of fused-ring (bicyclic) bond motifs is 1. The smallest absolute Gasteiger partial charge is 0.262 e. The Bertz CT molecular complexity index is 992. The van der Waals surface area contributed by atoms with E-state index in [9.17, 15) is 14.4 Å². The minimum absolute atomic E-state index is 0.0674. The van der Waals surface area contributed by atoms with Gasteiger partial charge in [0.05, 0.1) is 22.6 Å². The van der Waals surface area contributed by atoms with Crippen LogP contribution in [0.1, 0.15) is 26.7 Å². The molecule has 2 N–H and O–H groups in total. The summed E-state index contributed by atoms with van der Waals surface area (Å²) in [5, 5.41) is 1.09. The summed E-state index contributed by atoms with van der Waals surface area (Å²) in [6, 6.07) is 5.42. The fourth-order valence-corrected chi connectivity index (χ4v) is 4.73. The summed E-state index contributed by atoms with van der Waals surface area (Å²) >= 11 is 4.67. The van der Waals surface area contributed by atoms with Gasteiger partial charge >= 0.3 is 0 Å². The number of nitrogens with zero attached hydrogens (tertiary/aromatic N) is 3. The first-order valence-electron chi connectivity index (χ1n) is 9.66. The summed E-state index contributed by atoms with van der Waals surface area (Å²) in [4.78, 5) is 43.5. The van der Waals surface area contributed by atoms with Crippen LogP contribution in [0.4, 0.5) is 0 Å². The third kappa shape index (κ3) is 5.19. The number of benzene rings is 1. The Kier molecular flexibility index (Phi) is 7.00. The number of aromatic nitrogens is 2. The molecule has 0 aliphatic carbocycles. The van der Waals surface area contributed by atoms with Crippen molar-refractivity contribution in [2.75, 3.05) is 18.8 Å². The minimum Gasteiger partial charge on any atom is -0.369 e. The SMILES string of the molecule is CC(C)Cn1c(SCC(=O)N2CCCC(C(N)=O)C2)nc2ccc(Br)cc2c1=O. The van der Waals surface area contributed by atoms with Gasteiger partial charge in [0.25, 0.3) is 5.56 Å². The predicted molar refractivity (Wildman–Crippen MR) is 118 cm³/mol. The lowest BCUT2D eigenvalue weighted by Gasteiger charge is -2.31. The van der Waals surface area contributed by atoms with Crippen molar-refractivity contribution in [2.45, 2.75) is 38.4 Å². The maximum Gasteiger partial charge on any atom is 0.262 e. The van der Waals surface area contributed by atoms with E-state index in [1.54, 1.807) is 21.6 Å². The quantitative estimate of drug-likeness (QED) is 0.505. The van der Waals surface area contributed by atoms with Gasteiger partial charge in [-0.25, -0.2) is 4.98 Å². The number of rotatable bonds is 6. The maximum atomic E-state index is 13.0. The first-order chi connectivity index (χ1) is 13.8. The predicted octanol–water partition coefficient (Wildman–Crippen LogP) is 2.63. The second-order valence-electron chi connectivity index (χ2n) is 7.74. The molecule has 0 spiro atoms. The molecule has 156 valence electrons. The molecular formula is C20H25BrN4O3S. The van der Waals surface area contributed by atoms with E-state index in [1.165, 1.54) is 11.8 Å². The Morgan fingerprint density at radius 3 is 2.83 bits per heavy atom. The Morgan fingerprint density at radius 1 is 1.38 bits per heavy atom. The van der Waals surface area contributed by atoms with Crippen molar-refractivity contribution >= 4 is 50.4 Å². The van der Waals surface area contributed by atoms with Crippen LogP contribution in [0.2, 0.25) is 0 Å². The van der Waals surface area contributed by atoms with Crippen LogP contribution >= 0.6 is 27.7 Å². The number of carbonyl (C=O) groups excluding carboxylic acids is 2. The van der Waals surface area contributed by atoms with E-state index in [1.807, 2.05) is 19.9 Å². The van der Waals surface area contributed by atoms with Crippen molar-refractivity contribution in [2.24, 2.45) is 17.6 Å². The van der Waals surface area contributed by atoms with Crippen molar-refractivity contribution in [1.29, 1.82) is 0 Å². The molecule has 0 radical (unpaired) electrons. The second-order valence-corrected chi connectivity index (χ2v) is 9.59. The van der Waals surface area contributed by atoms with Gasteiger partial charge in [-0.05, 0) is 37.0 Å². The molecule has 7 nitrogen and oxygen atoms in total. The van der Waals surface area contributed by atoms with Crippen LogP contribution in [0.25, 0.3) is 10.9 Å². The number of amides is 2. The molecule has 2 heterocycles. The zero-order valence-electron chi connectivity index (χ0n) is 16.6. The van der Waals surface area contributed by atoms with Crippen LogP contribution in [-0.4, -0.2) is 45.1 Å². The number of hydrogen-bond donors (Lipinski definition) is 1. The van der Waals surface area contributed by atoms with Crippen molar-refractivity contribution in [3.63, 3.8) is 0 Å². The molecule has 1 aromatic carbocycles. The molecule has 29 heavy (non-hydrogen) atoms. The molecule has 1 atom stereocenters. The van der Waals surface area contributed by atoms with Crippen LogP contribution in [-0.2, 0) is 16.1 Å². The highest BCUT2D eigenvalue weighted by Gasteiger charge is 2.27. The Labute approximate surface area is 182 Å². The minimum atomic E-state index is -0.358. The normalized spacial score (nSPS) is 17.1. The van der Waals surface area contributed by atoms with Crippen molar-refractivity contribution in [3.05, 3.63) is 33.0 Å². The van der Waals surface area contributed by atoms with Crippen molar-refractivity contribution in [3.8, 4) is 0 Å². The van der Waals surface area contributed by atoms with Crippen LogP contribution in [0.15, 0.2) is 32.6 Å². The topological polar surface area (TPSA) is 98.3 Å². The first kappa shape index (κ1) is 21.8. The van der Waals surface area contributed by atoms with Gasteiger partial charge in [0.2, 0.25) is 11.8 Å². The molecule has 0 saturated carbocycles. The lowest BCUT2D eigenvalue weighted by molar-refractivity contribution is -0.132. The number of thioether (sulfide) groups is 1. The molecule has 1 fully saturated rings. The monoisotopic (exact) mass is 480 g/mol. The molecule has 1 aromatic heterocycles. The number of piperidine rings is 1. The van der Waals surface area contributed by atoms with Gasteiger partial charge in [-0.1, -0.05) is 41.5 Å². The number of halogens is 1. The van der Waals surface area contributed by atoms with Gasteiger partial charge in [-0.15, -0.1) is 0 Å². The van der Waals surface area contributed by atoms with E-state index >= 15 is 0 Å². The second kappa shape index (κ2) is 9.30. The molecule has 9 heteroatoms. The standard InChI is InChI=1S/C20H25BrN4O3S/c1-12(2)9-25-19(28)15-8-14(21)5-6-16(15)23-20(25)29-11-17(26)24-7-3-4-13(10-24)18(22)27/h5-6,8,12-13H,3-4,7,9-11H2,1-2H3,(H2,22,27). The Hall–Kier alpha value is -1.87. The molecule has 2 amide bonds. The van der Waals surface area contributed by atoms with Crippen LogP contribution in [0, 0.1) is 11.8 Å². The summed E-state index contributed by atoms with van der Waals surface area (Å²) in [5.74, 6) is -0.287. The van der Waals surface area contributed by atoms with E-state index < -0.39 is 0 Å². The molecule has 3 rings (SSSR count). The third-order valence-electron chi connectivity index (χ3n) is 4.93. The van der Waals surface area contributed by atoms with Crippen molar-refractivity contribution < 1.29 is 9.59 Å². The summed E-state index contributed by atoms with van der Waals surface area (Å²) in [6.07, 6.45) is 1.49. The molecule has 0 bridgehead atoms. The van der Waals surface area contributed by atoms with E-state index in [4.69, 9.17) is 5.73 Å². The number of carbonyl (C=O) groups is 2. The van der Waals surface area contributed by atoms with E-state index in [2.05, 4.69) is 20.9 Å². The van der Waals surface area contributed by atoms with E-state index in [-0.39, 0.29) is 35.0 Å². The zero-order chi connectivity index (χ0) is 21.1. The Morgan fingerprint density at radius 2 is 2.14 bits per heavy atom. The highest BCUT2D eigenvalue weighted by Crippen LogP contribution is 2.23. The summed E-state index contributed by atoms with van der Waals surface area (Å²) in [6.45, 7) is 5.59. The number of primary amides is 1. The largest absolute Gasteiger partial charge is 0.369 e. The summed E-state index contributed by atoms with van der Waals surface area (Å²) in [7, 11) is 0. The first-order valence-corrected chi connectivity index (χ1v) is 11.4. The van der Waals surface area contributed by atoms with Gasteiger partial charge in [-0.3, -0.25) is 19.0 Å². The third-order valence-corrected chi connectivity index (χ3v) is 6.38. The lowest BCUT2D eigenvalue weighted by atomic mass is 9.97. The molecule has 1 unspecified atom stereocenters. The molecule has 1 saturated heterocycles. The highest BCUT2D eigenvalue weighted by atomic mass is 79.9. The van der Waals surface area contributed by atoms with E-state index in [0.717, 1.165) is 17.3 Å². The van der Waals surface area contributed by atoms with Gasteiger partial charge < -0.3 is 10.6 Å². The van der Waals surface area contributed by atoms with Crippen LogP contribution < -0.4 is 11.3 Å². The van der Waals surface area contributed by atoms with Crippen molar-refractivity contribution in [1.82, 2.24) is 14.5 Å². The van der Waals surface area contributed by atoms with Gasteiger partial charge in [0, 0.05) is 24.1 Å². The van der Waals surface area contributed by atoms with Gasteiger partial charge in [-0.2, -0.15) is 0 Å². The number of likely N-dealkylation sites (tertiary alicyclic amines) is 1. The molecule has 1 aliphatic heterocycles. The average molecular weight is 481 g/mol. The van der Waals surface area contributed by atoms with Gasteiger partial charge in [0.15, 0.2) is 5.16 Å². The summed E-state index contributed by atoms with van der Waals surface area (Å²) < 4.78 is 2.48. The Balaban J connectivity index is 1.83. The zero-order valence-corrected chi connectivity index (χ0v) is 19.0. The fourth-order valence-electron chi connectivity index (χ4n) is 3.46. The number of nitrogens with two attached hydrogens (primary N) is 1. The van der Waals surface area contributed by atoms with Gasteiger partial charge in [0.1, 0.15) is 0 Å². The summed E-state index contributed by atoms with van der Waals surface area (Å²) in [5.41, 5.74) is 5.91. The van der Waals surface area contributed by atoms with Crippen LogP contribution in [0.3, 0.4) is 0 Å². The maximum absolute atomic E-state index is 13.0. The molecule has 1 aliphatic rings. The number of hydrogen-bond acceptors (Lipinski definition) is 5. The highest BCUT2D eigenvalue weighted by molar-refractivity contribution is 9.10. The molecule has 2 aromatic rings. The van der Waals surface area contributed by atoms with Crippen LogP contribution in [0.5, 0.6) is 0 Å². The fraction of sp³-hybridized carbons (Fsp3) is 0.500. The average Bonchev–Trinajstić information content (AvgIpc) is 2.69.